The second kappa shape index (κ2) is 2.58. The van der Waals surface area contributed by atoms with Gasteiger partial charge in [0.2, 0.25) is 0 Å². The highest BCUT2D eigenvalue weighted by molar-refractivity contribution is 6.31. The molecule has 14 heavy (non-hydrogen) atoms. The zero-order valence-electron chi connectivity index (χ0n) is 7.22. The lowest BCUT2D eigenvalue weighted by Gasteiger charge is -2.23. The van der Waals surface area contributed by atoms with Gasteiger partial charge in [0.1, 0.15) is 5.82 Å². The lowest BCUT2D eigenvalue weighted by molar-refractivity contribution is 0.628. The molecule has 68 valence electrons. The van der Waals surface area contributed by atoms with Crippen molar-refractivity contribution in [1.29, 1.82) is 0 Å². The smallest absolute Gasteiger partial charge is 0.123 e. The Morgan fingerprint density at radius 1 is 0.786 bits per heavy atom. The van der Waals surface area contributed by atoms with Gasteiger partial charge in [-0.15, -0.1) is 0 Å². The van der Waals surface area contributed by atoms with Gasteiger partial charge in [-0.2, -0.15) is 0 Å². The Labute approximate surface area is 86.0 Å². The predicted molar refractivity (Wildman–Crippen MR) is 55.8 cm³/mol. The third-order valence-corrected chi connectivity index (χ3v) is 2.78. The summed E-state index contributed by atoms with van der Waals surface area (Å²) in [6.07, 6.45) is 0. The fourth-order valence-corrected chi connectivity index (χ4v) is 2.06. The van der Waals surface area contributed by atoms with E-state index in [0.717, 1.165) is 22.3 Å². The van der Waals surface area contributed by atoms with Gasteiger partial charge < -0.3 is 0 Å². The molecule has 0 saturated carbocycles. The molecule has 1 aliphatic carbocycles. The maximum Gasteiger partial charge on any atom is 0.123 e. The second-order valence-corrected chi connectivity index (χ2v) is 3.82. The number of benzene rings is 2. The molecular formula is C12H6ClF. The van der Waals surface area contributed by atoms with Crippen LogP contribution < -0.4 is 0 Å². The van der Waals surface area contributed by atoms with Crippen LogP contribution in [0.3, 0.4) is 0 Å². The number of fused-ring (bicyclic) bond motifs is 4. The van der Waals surface area contributed by atoms with Gasteiger partial charge in [0.25, 0.3) is 0 Å². The zero-order valence-corrected chi connectivity index (χ0v) is 7.98. The average molecular weight is 205 g/mol. The largest absolute Gasteiger partial charge is 0.207 e. The fourth-order valence-electron chi connectivity index (χ4n) is 1.89. The van der Waals surface area contributed by atoms with Crippen LogP contribution in [0.4, 0.5) is 4.39 Å². The van der Waals surface area contributed by atoms with Gasteiger partial charge in [0.05, 0.1) is 0 Å². The van der Waals surface area contributed by atoms with Crippen LogP contribution in [0.25, 0.3) is 22.3 Å². The van der Waals surface area contributed by atoms with Crippen LogP contribution in [0.5, 0.6) is 0 Å². The maximum atomic E-state index is 12.9. The highest BCUT2D eigenvalue weighted by Gasteiger charge is 2.22. The molecule has 2 aromatic rings. The lowest BCUT2D eigenvalue weighted by atomic mass is 9.81. The molecule has 0 atom stereocenters. The minimum absolute atomic E-state index is 0.200. The van der Waals surface area contributed by atoms with Crippen LogP contribution >= 0.6 is 11.6 Å². The van der Waals surface area contributed by atoms with E-state index in [1.54, 1.807) is 12.1 Å². The summed E-state index contributed by atoms with van der Waals surface area (Å²) >= 11 is 5.86. The Hall–Kier alpha value is -1.34. The highest BCUT2D eigenvalue weighted by atomic mass is 35.5. The Balaban J connectivity index is 2.26. The normalized spacial score (nSPS) is 11.6. The first-order valence-corrected chi connectivity index (χ1v) is 4.73. The summed E-state index contributed by atoms with van der Waals surface area (Å²) in [5.41, 5.74) is 4.27. The van der Waals surface area contributed by atoms with Gasteiger partial charge in [-0.3, -0.25) is 0 Å². The van der Waals surface area contributed by atoms with E-state index in [-0.39, 0.29) is 5.82 Å². The van der Waals surface area contributed by atoms with Crippen LogP contribution in [0, 0.1) is 5.82 Å². The molecule has 0 heterocycles. The van der Waals surface area contributed by atoms with Crippen LogP contribution in [0.2, 0.25) is 5.02 Å². The van der Waals surface area contributed by atoms with Crippen LogP contribution in [0.1, 0.15) is 0 Å². The van der Waals surface area contributed by atoms with E-state index in [9.17, 15) is 4.39 Å². The minimum Gasteiger partial charge on any atom is -0.207 e. The van der Waals surface area contributed by atoms with Crippen molar-refractivity contribution < 1.29 is 4.39 Å². The van der Waals surface area contributed by atoms with Gasteiger partial charge in [-0.1, -0.05) is 23.7 Å². The van der Waals surface area contributed by atoms with Crippen molar-refractivity contribution in [2.45, 2.75) is 0 Å². The fraction of sp³-hybridized carbons (Fsp3) is 0. The molecule has 0 unspecified atom stereocenters. The Morgan fingerprint density at radius 3 is 2.21 bits per heavy atom. The number of rotatable bonds is 0. The second-order valence-electron chi connectivity index (χ2n) is 3.38. The van der Waals surface area contributed by atoms with Crippen molar-refractivity contribution in [1.82, 2.24) is 0 Å². The standard InChI is InChI=1S/C12H6ClF/c13-7-1-3-9-10-4-2-8(14)6-12(10)11(9)5-7/h1-6H. The Bertz CT molecular complexity index is 482. The predicted octanol–water partition coefficient (Wildman–Crippen LogP) is 4.13. The van der Waals surface area contributed by atoms with E-state index < -0.39 is 0 Å². The monoisotopic (exact) mass is 204 g/mol. The van der Waals surface area contributed by atoms with Gasteiger partial charge in [-0.05, 0) is 46.5 Å². The highest BCUT2D eigenvalue weighted by Crippen LogP contribution is 2.47. The number of hydrogen-bond donors (Lipinski definition) is 0. The first-order chi connectivity index (χ1) is 6.75. The Morgan fingerprint density at radius 2 is 1.43 bits per heavy atom. The molecule has 0 radical (unpaired) electrons. The summed E-state index contributed by atoms with van der Waals surface area (Å²) < 4.78 is 12.9. The van der Waals surface area contributed by atoms with Crippen molar-refractivity contribution in [2.24, 2.45) is 0 Å². The zero-order chi connectivity index (χ0) is 9.71. The van der Waals surface area contributed by atoms with Gasteiger partial charge in [0, 0.05) is 5.02 Å². The van der Waals surface area contributed by atoms with E-state index in [4.69, 9.17) is 11.6 Å². The topological polar surface area (TPSA) is 0 Å². The summed E-state index contributed by atoms with van der Waals surface area (Å²) in [5, 5.41) is 0.693. The van der Waals surface area contributed by atoms with Crippen molar-refractivity contribution in [3.05, 3.63) is 47.2 Å². The summed E-state index contributed by atoms with van der Waals surface area (Å²) in [4.78, 5) is 0. The SMILES string of the molecule is Fc1ccc2c(c1)-c1cc(Cl)ccc1-2. The van der Waals surface area contributed by atoms with Crippen LogP contribution in [-0.2, 0) is 0 Å². The maximum absolute atomic E-state index is 12.9. The minimum atomic E-state index is -0.200. The number of halogens is 2. The molecule has 0 aromatic heterocycles. The van der Waals surface area contributed by atoms with Crippen molar-refractivity contribution >= 4 is 11.6 Å². The van der Waals surface area contributed by atoms with E-state index in [2.05, 4.69) is 0 Å². The van der Waals surface area contributed by atoms with Crippen molar-refractivity contribution in [3.8, 4) is 22.3 Å². The third-order valence-electron chi connectivity index (χ3n) is 2.54. The molecule has 0 aliphatic heterocycles. The van der Waals surface area contributed by atoms with E-state index in [1.807, 2.05) is 18.2 Å². The molecule has 2 heteroatoms. The van der Waals surface area contributed by atoms with Gasteiger partial charge >= 0.3 is 0 Å². The quantitative estimate of drug-likeness (QED) is 0.517. The molecule has 0 amide bonds. The summed E-state index contributed by atoms with van der Waals surface area (Å²) in [6.45, 7) is 0. The van der Waals surface area contributed by atoms with E-state index in [0.29, 0.717) is 5.02 Å². The molecule has 0 spiro atoms. The summed E-state index contributed by atoms with van der Waals surface area (Å²) in [7, 11) is 0. The van der Waals surface area contributed by atoms with Gasteiger partial charge in [0.15, 0.2) is 0 Å². The summed E-state index contributed by atoms with van der Waals surface area (Å²) in [5.74, 6) is -0.200. The third kappa shape index (κ3) is 0.933. The molecule has 0 bridgehead atoms. The van der Waals surface area contributed by atoms with Gasteiger partial charge in [-0.25, -0.2) is 4.39 Å². The van der Waals surface area contributed by atoms with E-state index in [1.165, 1.54) is 6.07 Å². The molecule has 0 fully saturated rings. The molecule has 0 saturated heterocycles. The molecule has 1 aliphatic rings. The first-order valence-electron chi connectivity index (χ1n) is 4.35. The molecule has 2 aromatic carbocycles. The number of hydrogen-bond acceptors (Lipinski definition) is 0. The van der Waals surface area contributed by atoms with Crippen molar-refractivity contribution in [3.63, 3.8) is 0 Å². The van der Waals surface area contributed by atoms with Crippen molar-refractivity contribution in [2.75, 3.05) is 0 Å². The molecule has 0 N–H and O–H groups in total. The molecule has 3 rings (SSSR count). The molecular weight excluding hydrogens is 199 g/mol. The van der Waals surface area contributed by atoms with Crippen LogP contribution in [0.15, 0.2) is 36.4 Å². The van der Waals surface area contributed by atoms with E-state index >= 15 is 0 Å². The van der Waals surface area contributed by atoms with Crippen LogP contribution in [-0.4, -0.2) is 0 Å². The average Bonchev–Trinajstić information content (AvgIpc) is 2.17. The first kappa shape index (κ1) is 8.01. The molecule has 0 nitrogen and oxygen atoms in total. The Kier molecular flexibility index (Phi) is 1.48. The summed E-state index contributed by atoms with van der Waals surface area (Å²) in [6, 6.07) is 10.5. The lowest BCUT2D eigenvalue weighted by Crippen LogP contribution is -1.98.